The molecule has 0 radical (unpaired) electrons. The second kappa shape index (κ2) is 5.57. The van der Waals surface area contributed by atoms with E-state index in [9.17, 15) is 17.6 Å². The van der Waals surface area contributed by atoms with Crippen molar-refractivity contribution in [3.8, 4) is 0 Å². The quantitative estimate of drug-likeness (QED) is 0.549. The summed E-state index contributed by atoms with van der Waals surface area (Å²) < 4.78 is 49.4. The summed E-state index contributed by atoms with van der Waals surface area (Å²) in [6.07, 6.45) is 2.53. The highest BCUT2D eigenvalue weighted by atomic mass is 32.2. The maximum absolute atomic E-state index is 13.1. The molecule has 0 bridgehead atoms. The van der Waals surface area contributed by atoms with Gasteiger partial charge in [0.05, 0.1) is 4.90 Å². The first-order valence-corrected chi connectivity index (χ1v) is 5.78. The van der Waals surface area contributed by atoms with Gasteiger partial charge in [-0.3, -0.25) is 0 Å². The normalized spacial score (nSPS) is 11.8. The van der Waals surface area contributed by atoms with Crippen molar-refractivity contribution in [2.24, 2.45) is 0 Å². The summed E-state index contributed by atoms with van der Waals surface area (Å²) in [6.45, 7) is 1.99. The fourth-order valence-electron chi connectivity index (χ4n) is 1.29. The SMILES string of the molecule is CCCCc1ccc(F)c(SC(F)(F)F)c1. The van der Waals surface area contributed by atoms with Gasteiger partial charge < -0.3 is 0 Å². The first-order chi connectivity index (χ1) is 7.42. The zero-order valence-electron chi connectivity index (χ0n) is 8.77. The van der Waals surface area contributed by atoms with Gasteiger partial charge >= 0.3 is 5.51 Å². The van der Waals surface area contributed by atoms with Crippen LogP contribution >= 0.6 is 11.8 Å². The molecule has 0 unspecified atom stereocenters. The minimum Gasteiger partial charge on any atom is -0.206 e. The molecule has 90 valence electrons. The summed E-state index contributed by atoms with van der Waals surface area (Å²) in [4.78, 5) is -0.346. The molecule has 0 aliphatic heterocycles. The van der Waals surface area contributed by atoms with Crippen molar-refractivity contribution in [3.63, 3.8) is 0 Å². The average Bonchev–Trinajstić information content (AvgIpc) is 2.17. The molecule has 0 heterocycles. The van der Waals surface area contributed by atoms with Crippen LogP contribution in [0.5, 0.6) is 0 Å². The second-order valence-corrected chi connectivity index (χ2v) is 4.52. The third-order valence-electron chi connectivity index (χ3n) is 2.04. The highest BCUT2D eigenvalue weighted by molar-refractivity contribution is 8.00. The van der Waals surface area contributed by atoms with Crippen LogP contribution in [-0.2, 0) is 6.42 Å². The fourth-order valence-corrected chi connectivity index (χ4v) is 1.91. The van der Waals surface area contributed by atoms with E-state index in [2.05, 4.69) is 0 Å². The standard InChI is InChI=1S/C11H12F4S/c1-2-3-4-8-5-6-9(12)10(7-8)16-11(13,14)15/h5-7H,2-4H2,1H3. The summed E-state index contributed by atoms with van der Waals surface area (Å²) in [7, 11) is 0. The van der Waals surface area contributed by atoms with Crippen LogP contribution in [0.3, 0.4) is 0 Å². The van der Waals surface area contributed by atoms with E-state index in [1.54, 1.807) is 0 Å². The minimum absolute atomic E-state index is 0.346. The lowest BCUT2D eigenvalue weighted by Gasteiger charge is -2.08. The van der Waals surface area contributed by atoms with Gasteiger partial charge in [0.15, 0.2) is 0 Å². The second-order valence-electron chi connectivity index (χ2n) is 3.42. The van der Waals surface area contributed by atoms with Crippen LogP contribution in [0.1, 0.15) is 25.3 Å². The summed E-state index contributed by atoms with van der Waals surface area (Å²) >= 11 is -0.400. The van der Waals surface area contributed by atoms with Crippen LogP contribution < -0.4 is 0 Å². The number of alkyl halides is 3. The highest BCUT2D eigenvalue weighted by Crippen LogP contribution is 2.38. The number of aryl methyl sites for hydroxylation is 1. The van der Waals surface area contributed by atoms with Gasteiger partial charge in [0, 0.05) is 0 Å². The van der Waals surface area contributed by atoms with E-state index < -0.39 is 23.1 Å². The molecule has 1 rings (SSSR count). The van der Waals surface area contributed by atoms with Crippen molar-refractivity contribution >= 4 is 11.8 Å². The Morgan fingerprint density at radius 1 is 1.25 bits per heavy atom. The molecule has 0 saturated heterocycles. The topological polar surface area (TPSA) is 0 Å². The van der Waals surface area contributed by atoms with Crippen LogP contribution in [0.15, 0.2) is 23.1 Å². The molecule has 0 fully saturated rings. The number of benzene rings is 1. The van der Waals surface area contributed by atoms with Crippen molar-refractivity contribution in [1.82, 2.24) is 0 Å². The van der Waals surface area contributed by atoms with Crippen molar-refractivity contribution in [2.75, 3.05) is 0 Å². The molecule has 0 atom stereocenters. The molecule has 0 nitrogen and oxygen atoms in total. The lowest BCUT2D eigenvalue weighted by molar-refractivity contribution is -0.0329. The lowest BCUT2D eigenvalue weighted by atomic mass is 10.1. The van der Waals surface area contributed by atoms with E-state index in [1.165, 1.54) is 12.1 Å². The molecule has 0 N–H and O–H groups in total. The van der Waals surface area contributed by atoms with E-state index in [0.717, 1.165) is 24.5 Å². The summed E-state index contributed by atoms with van der Waals surface area (Å²) in [5.74, 6) is -0.817. The third kappa shape index (κ3) is 4.43. The van der Waals surface area contributed by atoms with E-state index in [-0.39, 0.29) is 4.90 Å². The van der Waals surface area contributed by atoms with Crippen molar-refractivity contribution in [1.29, 1.82) is 0 Å². The molecule has 1 aromatic rings. The Labute approximate surface area is 96.0 Å². The Hall–Kier alpha value is -0.710. The van der Waals surface area contributed by atoms with Gasteiger partial charge in [0.1, 0.15) is 5.82 Å². The van der Waals surface area contributed by atoms with Crippen molar-refractivity contribution in [2.45, 2.75) is 36.6 Å². The molecular weight excluding hydrogens is 240 g/mol. The monoisotopic (exact) mass is 252 g/mol. The first-order valence-electron chi connectivity index (χ1n) is 4.96. The van der Waals surface area contributed by atoms with Crippen molar-refractivity contribution < 1.29 is 17.6 Å². The molecule has 0 aliphatic rings. The van der Waals surface area contributed by atoms with Crippen LogP contribution in [0.4, 0.5) is 17.6 Å². The number of halogens is 4. The zero-order chi connectivity index (χ0) is 12.2. The van der Waals surface area contributed by atoms with Gasteiger partial charge in [-0.15, -0.1) is 0 Å². The van der Waals surface area contributed by atoms with Crippen molar-refractivity contribution in [3.05, 3.63) is 29.6 Å². The first kappa shape index (κ1) is 13.4. The summed E-state index contributed by atoms with van der Waals surface area (Å²) in [6, 6.07) is 3.91. The molecule has 5 heteroatoms. The predicted molar refractivity (Wildman–Crippen MR) is 56.9 cm³/mol. The van der Waals surface area contributed by atoms with Gasteiger partial charge in [-0.05, 0) is 42.3 Å². The zero-order valence-corrected chi connectivity index (χ0v) is 9.59. The summed E-state index contributed by atoms with van der Waals surface area (Å²) in [5.41, 5.74) is -3.69. The van der Waals surface area contributed by atoms with Gasteiger partial charge in [-0.1, -0.05) is 19.4 Å². The Morgan fingerprint density at radius 3 is 2.50 bits per heavy atom. The summed E-state index contributed by atoms with van der Waals surface area (Å²) in [5, 5.41) is 0. The molecule has 16 heavy (non-hydrogen) atoms. The molecule has 0 aromatic heterocycles. The van der Waals surface area contributed by atoms with Crippen LogP contribution in [0.25, 0.3) is 0 Å². The van der Waals surface area contributed by atoms with E-state index in [1.807, 2.05) is 6.92 Å². The molecular formula is C11H12F4S. The Balaban J connectivity index is 2.82. The Kier molecular flexibility index (Phi) is 4.65. The third-order valence-corrected chi connectivity index (χ3v) is 2.80. The molecule has 0 spiro atoms. The molecule has 1 aromatic carbocycles. The van der Waals surface area contributed by atoms with Crippen LogP contribution in [0, 0.1) is 5.82 Å². The van der Waals surface area contributed by atoms with Gasteiger partial charge in [-0.25, -0.2) is 4.39 Å². The van der Waals surface area contributed by atoms with Gasteiger partial charge in [0.2, 0.25) is 0 Å². The number of unbranched alkanes of at least 4 members (excludes halogenated alkanes) is 1. The highest BCUT2D eigenvalue weighted by Gasteiger charge is 2.30. The van der Waals surface area contributed by atoms with E-state index >= 15 is 0 Å². The van der Waals surface area contributed by atoms with Gasteiger partial charge in [0.25, 0.3) is 0 Å². The van der Waals surface area contributed by atoms with Gasteiger partial charge in [-0.2, -0.15) is 13.2 Å². The average molecular weight is 252 g/mol. The predicted octanol–water partition coefficient (Wildman–Crippen LogP) is 4.78. The van der Waals surface area contributed by atoms with E-state index in [0.29, 0.717) is 6.42 Å². The largest absolute Gasteiger partial charge is 0.446 e. The molecule has 0 saturated carbocycles. The maximum Gasteiger partial charge on any atom is 0.446 e. The smallest absolute Gasteiger partial charge is 0.206 e. The van der Waals surface area contributed by atoms with E-state index in [4.69, 9.17) is 0 Å². The molecule has 0 amide bonds. The fraction of sp³-hybridized carbons (Fsp3) is 0.455. The Morgan fingerprint density at radius 2 is 1.94 bits per heavy atom. The number of thioether (sulfide) groups is 1. The number of hydrogen-bond acceptors (Lipinski definition) is 1. The molecule has 0 aliphatic carbocycles. The number of hydrogen-bond donors (Lipinski definition) is 0. The number of rotatable bonds is 4. The van der Waals surface area contributed by atoms with Crippen LogP contribution in [0.2, 0.25) is 0 Å². The lowest BCUT2D eigenvalue weighted by Crippen LogP contribution is -2.01. The maximum atomic E-state index is 13.1. The Bertz CT molecular complexity index is 346. The van der Waals surface area contributed by atoms with Crippen LogP contribution in [-0.4, -0.2) is 5.51 Å². The minimum atomic E-state index is -4.44.